The van der Waals surface area contributed by atoms with Crippen LogP contribution in [0.1, 0.15) is 37.9 Å². The molecule has 0 radical (unpaired) electrons. The second-order valence-electron chi connectivity index (χ2n) is 4.64. The molecule has 0 aromatic carbocycles. The number of hydrogen-bond acceptors (Lipinski definition) is 2. The van der Waals surface area contributed by atoms with Crippen LogP contribution in [0, 0.1) is 6.92 Å². The third-order valence-corrected chi connectivity index (χ3v) is 3.36. The highest BCUT2D eigenvalue weighted by Gasteiger charge is 2.07. The third-order valence-electron chi connectivity index (χ3n) is 3.36. The molecule has 1 N–H and O–H groups in total. The van der Waals surface area contributed by atoms with E-state index in [-0.39, 0.29) is 0 Å². The zero-order valence-corrected chi connectivity index (χ0v) is 11.7. The van der Waals surface area contributed by atoms with E-state index >= 15 is 0 Å². The molecule has 17 heavy (non-hydrogen) atoms. The van der Waals surface area contributed by atoms with Crippen molar-refractivity contribution >= 4 is 0 Å². The number of rotatable bonds is 6. The molecule has 0 aliphatic heterocycles. The number of allylic oxidation sites excluding steroid dienone is 1. The van der Waals surface area contributed by atoms with Crippen molar-refractivity contribution in [2.75, 3.05) is 7.05 Å². The van der Waals surface area contributed by atoms with Gasteiger partial charge in [0.2, 0.25) is 0 Å². The number of nitrogens with one attached hydrogen (secondary N) is 1. The normalized spacial score (nSPS) is 14.1. The second-order valence-corrected chi connectivity index (χ2v) is 4.64. The smallest absolute Gasteiger partial charge is 0.0521 e. The molecule has 3 heteroatoms. The summed E-state index contributed by atoms with van der Waals surface area (Å²) in [5.74, 6) is 0. The molecule has 0 saturated carbocycles. The summed E-state index contributed by atoms with van der Waals surface area (Å²) in [5.41, 5.74) is 4.08. The monoisotopic (exact) mass is 235 g/mol. The zero-order chi connectivity index (χ0) is 12.8. The van der Waals surface area contributed by atoms with Gasteiger partial charge in [-0.3, -0.25) is 4.68 Å². The Bertz CT molecular complexity index is 357. The van der Waals surface area contributed by atoms with E-state index < -0.39 is 0 Å². The molecule has 96 valence electrons. The van der Waals surface area contributed by atoms with Crippen LogP contribution in [0.25, 0.3) is 0 Å². The molecule has 0 aliphatic carbocycles. The highest BCUT2D eigenvalue weighted by molar-refractivity contribution is 5.21. The lowest BCUT2D eigenvalue weighted by Gasteiger charge is -2.15. The zero-order valence-electron chi connectivity index (χ0n) is 11.7. The molecular weight excluding hydrogens is 210 g/mol. The van der Waals surface area contributed by atoms with E-state index in [0.29, 0.717) is 6.04 Å². The summed E-state index contributed by atoms with van der Waals surface area (Å²) in [4.78, 5) is 0. The standard InChI is InChI=1S/C14H25N3/c1-6-7-13(12(3)15-4)8-9-14-11(2)10-16-17(14)5/h8,10,12,15H,6-7,9H2,1-5H3/b13-8+. The minimum atomic E-state index is 0.462. The van der Waals surface area contributed by atoms with Crippen molar-refractivity contribution in [1.82, 2.24) is 15.1 Å². The second kappa shape index (κ2) is 6.60. The van der Waals surface area contributed by atoms with E-state index in [2.05, 4.69) is 37.3 Å². The molecule has 3 nitrogen and oxygen atoms in total. The Hall–Kier alpha value is -1.09. The van der Waals surface area contributed by atoms with Gasteiger partial charge < -0.3 is 5.32 Å². The number of aromatic nitrogens is 2. The highest BCUT2D eigenvalue weighted by Crippen LogP contribution is 2.13. The maximum absolute atomic E-state index is 4.28. The van der Waals surface area contributed by atoms with Crippen LogP contribution >= 0.6 is 0 Å². The lowest BCUT2D eigenvalue weighted by molar-refractivity contribution is 0.649. The van der Waals surface area contributed by atoms with Crippen LogP contribution in [-0.2, 0) is 13.5 Å². The first-order valence-electron chi connectivity index (χ1n) is 6.43. The van der Waals surface area contributed by atoms with Crippen LogP contribution in [0.4, 0.5) is 0 Å². The Morgan fingerprint density at radius 1 is 1.59 bits per heavy atom. The topological polar surface area (TPSA) is 29.9 Å². The van der Waals surface area contributed by atoms with Gasteiger partial charge >= 0.3 is 0 Å². The third kappa shape index (κ3) is 3.70. The summed E-state index contributed by atoms with van der Waals surface area (Å²) in [6, 6.07) is 0.462. The predicted octanol–water partition coefficient (Wildman–Crippen LogP) is 2.61. The van der Waals surface area contributed by atoms with Crippen molar-refractivity contribution in [3.63, 3.8) is 0 Å². The van der Waals surface area contributed by atoms with E-state index in [4.69, 9.17) is 0 Å². The minimum Gasteiger partial charge on any atom is -0.314 e. The van der Waals surface area contributed by atoms with E-state index in [9.17, 15) is 0 Å². The fourth-order valence-electron chi connectivity index (χ4n) is 2.06. The van der Waals surface area contributed by atoms with Gasteiger partial charge in [-0.25, -0.2) is 0 Å². The average Bonchev–Trinajstić information content (AvgIpc) is 2.64. The molecule has 1 heterocycles. The largest absolute Gasteiger partial charge is 0.314 e. The molecule has 1 atom stereocenters. The lowest BCUT2D eigenvalue weighted by atomic mass is 10.0. The van der Waals surface area contributed by atoms with Gasteiger partial charge in [-0.05, 0) is 32.9 Å². The van der Waals surface area contributed by atoms with Gasteiger partial charge in [0, 0.05) is 25.2 Å². The molecule has 1 unspecified atom stereocenters. The van der Waals surface area contributed by atoms with Crippen molar-refractivity contribution in [1.29, 1.82) is 0 Å². The Morgan fingerprint density at radius 2 is 2.29 bits per heavy atom. The van der Waals surface area contributed by atoms with Crippen LogP contribution < -0.4 is 5.32 Å². The van der Waals surface area contributed by atoms with Crippen LogP contribution in [0.15, 0.2) is 17.8 Å². The van der Waals surface area contributed by atoms with Gasteiger partial charge in [0.05, 0.1) is 6.20 Å². The van der Waals surface area contributed by atoms with Crippen LogP contribution in [-0.4, -0.2) is 22.9 Å². The van der Waals surface area contributed by atoms with Gasteiger partial charge in [-0.2, -0.15) is 5.10 Å². The summed E-state index contributed by atoms with van der Waals surface area (Å²) in [5, 5.41) is 7.60. The van der Waals surface area contributed by atoms with Crippen LogP contribution in [0.3, 0.4) is 0 Å². The highest BCUT2D eigenvalue weighted by atomic mass is 15.3. The fourth-order valence-corrected chi connectivity index (χ4v) is 2.06. The van der Waals surface area contributed by atoms with Crippen LogP contribution in [0.2, 0.25) is 0 Å². The summed E-state index contributed by atoms with van der Waals surface area (Å²) in [6.45, 7) is 6.57. The molecule has 1 rings (SSSR count). The predicted molar refractivity (Wildman–Crippen MR) is 73.2 cm³/mol. The van der Waals surface area contributed by atoms with Crippen molar-refractivity contribution in [3.8, 4) is 0 Å². The fraction of sp³-hybridized carbons (Fsp3) is 0.643. The molecule has 1 aromatic heterocycles. The van der Waals surface area contributed by atoms with Crippen molar-refractivity contribution in [2.45, 2.75) is 46.1 Å². The number of aryl methyl sites for hydroxylation is 2. The quantitative estimate of drug-likeness (QED) is 0.768. The first-order valence-corrected chi connectivity index (χ1v) is 6.43. The SMILES string of the molecule is CCC/C(=C\Cc1c(C)cnn1C)C(C)NC. The van der Waals surface area contributed by atoms with Gasteiger partial charge in [-0.1, -0.05) is 25.0 Å². The van der Waals surface area contributed by atoms with Crippen molar-refractivity contribution in [3.05, 3.63) is 29.1 Å². The summed E-state index contributed by atoms with van der Waals surface area (Å²) < 4.78 is 1.97. The summed E-state index contributed by atoms with van der Waals surface area (Å²) in [7, 11) is 4.03. The van der Waals surface area contributed by atoms with E-state index in [1.807, 2.05) is 25.0 Å². The number of nitrogens with zero attached hydrogens (tertiary/aromatic N) is 2. The number of hydrogen-bond donors (Lipinski definition) is 1. The summed E-state index contributed by atoms with van der Waals surface area (Å²) in [6.07, 6.45) is 7.63. The van der Waals surface area contributed by atoms with Gasteiger partial charge in [-0.15, -0.1) is 0 Å². The Morgan fingerprint density at radius 3 is 2.76 bits per heavy atom. The molecule has 0 spiro atoms. The molecule has 0 amide bonds. The van der Waals surface area contributed by atoms with Crippen LogP contribution in [0.5, 0.6) is 0 Å². The minimum absolute atomic E-state index is 0.462. The van der Waals surface area contributed by atoms with Gasteiger partial charge in [0.1, 0.15) is 0 Å². The Balaban J connectivity index is 2.79. The molecule has 0 saturated heterocycles. The average molecular weight is 235 g/mol. The van der Waals surface area contributed by atoms with E-state index in [0.717, 1.165) is 6.42 Å². The van der Waals surface area contributed by atoms with Crippen molar-refractivity contribution in [2.24, 2.45) is 7.05 Å². The number of likely N-dealkylation sites (N-methyl/N-ethyl adjacent to an activating group) is 1. The Labute approximate surface area is 105 Å². The maximum atomic E-state index is 4.28. The van der Waals surface area contributed by atoms with Gasteiger partial charge in [0.15, 0.2) is 0 Å². The first-order chi connectivity index (χ1) is 8.10. The van der Waals surface area contributed by atoms with Gasteiger partial charge in [0.25, 0.3) is 0 Å². The molecule has 0 fully saturated rings. The van der Waals surface area contributed by atoms with E-state index in [1.54, 1.807) is 0 Å². The molecular formula is C14H25N3. The Kier molecular flexibility index (Phi) is 5.42. The lowest BCUT2D eigenvalue weighted by Crippen LogP contribution is -2.23. The van der Waals surface area contributed by atoms with E-state index in [1.165, 1.54) is 29.7 Å². The maximum Gasteiger partial charge on any atom is 0.0521 e. The van der Waals surface area contributed by atoms with Crippen molar-refractivity contribution < 1.29 is 0 Å². The first kappa shape index (κ1) is 14.0. The molecule has 0 bridgehead atoms. The summed E-state index contributed by atoms with van der Waals surface area (Å²) >= 11 is 0. The molecule has 1 aromatic rings. The molecule has 0 aliphatic rings.